The predicted octanol–water partition coefficient (Wildman–Crippen LogP) is 4.57. The van der Waals surface area contributed by atoms with Crippen LogP contribution in [0.1, 0.15) is 18.4 Å². The Morgan fingerprint density at radius 3 is 2.86 bits per heavy atom. The average molecular weight is 327 g/mol. The van der Waals surface area contributed by atoms with Crippen molar-refractivity contribution in [1.82, 2.24) is 10.3 Å². The van der Waals surface area contributed by atoms with E-state index >= 15 is 0 Å². The minimum atomic E-state index is -0.603. The van der Waals surface area contributed by atoms with E-state index in [1.165, 1.54) is 31.2 Å². The van der Waals surface area contributed by atoms with Crippen molar-refractivity contribution in [3.8, 4) is 11.6 Å². The van der Waals surface area contributed by atoms with Crippen LogP contribution in [-0.2, 0) is 6.54 Å². The zero-order valence-corrected chi connectivity index (χ0v) is 12.6. The Morgan fingerprint density at radius 1 is 1.29 bits per heavy atom. The molecule has 6 heteroatoms. The maximum atomic E-state index is 13.8. The van der Waals surface area contributed by atoms with Gasteiger partial charge in [0.2, 0.25) is 5.88 Å². The van der Waals surface area contributed by atoms with Crippen molar-refractivity contribution in [1.29, 1.82) is 0 Å². The van der Waals surface area contributed by atoms with Gasteiger partial charge in [-0.2, -0.15) is 0 Å². The largest absolute Gasteiger partial charge is 0.436 e. The van der Waals surface area contributed by atoms with Gasteiger partial charge in [0, 0.05) is 24.8 Å². The highest BCUT2D eigenvalue weighted by atomic mass is 35.5. The first kappa shape index (κ1) is 14.6. The van der Waals surface area contributed by atoms with E-state index in [4.69, 9.17) is 27.9 Å². The van der Waals surface area contributed by atoms with E-state index in [0.717, 1.165) is 5.56 Å². The minimum Gasteiger partial charge on any atom is -0.436 e. The molecule has 3 nitrogen and oxygen atoms in total. The summed E-state index contributed by atoms with van der Waals surface area (Å²) in [4.78, 5) is 4.06. The third-order valence-corrected chi connectivity index (χ3v) is 3.83. The van der Waals surface area contributed by atoms with E-state index < -0.39 is 5.82 Å². The zero-order valence-electron chi connectivity index (χ0n) is 11.1. The monoisotopic (exact) mass is 326 g/mol. The first-order valence-corrected chi connectivity index (χ1v) is 7.39. The number of rotatable bonds is 5. The van der Waals surface area contributed by atoms with Gasteiger partial charge < -0.3 is 10.1 Å². The fraction of sp³-hybridized carbons (Fsp3) is 0.267. The maximum Gasteiger partial charge on any atom is 0.219 e. The van der Waals surface area contributed by atoms with Crippen molar-refractivity contribution in [3.63, 3.8) is 0 Å². The molecular formula is C15H13Cl2FN2O. The zero-order chi connectivity index (χ0) is 14.8. The van der Waals surface area contributed by atoms with Crippen LogP contribution >= 0.6 is 23.2 Å². The van der Waals surface area contributed by atoms with E-state index in [1.807, 2.05) is 0 Å². The highest BCUT2D eigenvalue weighted by Gasteiger charge is 2.20. The van der Waals surface area contributed by atoms with E-state index in [0.29, 0.717) is 17.6 Å². The molecule has 0 amide bonds. The number of halogens is 3. The Labute approximate surface area is 132 Å². The second-order valence-corrected chi connectivity index (χ2v) is 5.74. The van der Waals surface area contributed by atoms with Crippen molar-refractivity contribution < 1.29 is 9.13 Å². The van der Waals surface area contributed by atoms with Crippen molar-refractivity contribution in [2.75, 3.05) is 0 Å². The summed E-state index contributed by atoms with van der Waals surface area (Å²) in [6, 6.07) is 6.86. The maximum absolute atomic E-state index is 13.8. The third-order valence-electron chi connectivity index (χ3n) is 3.20. The molecule has 1 aromatic carbocycles. The average Bonchev–Trinajstić information content (AvgIpc) is 3.28. The van der Waals surface area contributed by atoms with E-state index in [-0.39, 0.29) is 16.7 Å². The van der Waals surface area contributed by atoms with E-state index in [2.05, 4.69) is 10.3 Å². The minimum absolute atomic E-state index is 0.0112. The Morgan fingerprint density at radius 2 is 2.10 bits per heavy atom. The normalized spacial score (nSPS) is 14.2. The van der Waals surface area contributed by atoms with Crippen LogP contribution in [0.5, 0.6) is 11.6 Å². The summed E-state index contributed by atoms with van der Waals surface area (Å²) < 4.78 is 19.3. The van der Waals surface area contributed by atoms with Crippen molar-refractivity contribution >= 4 is 23.2 Å². The van der Waals surface area contributed by atoms with Gasteiger partial charge in [0.05, 0.1) is 10.0 Å². The molecule has 0 saturated heterocycles. The predicted molar refractivity (Wildman–Crippen MR) is 80.6 cm³/mol. The summed E-state index contributed by atoms with van der Waals surface area (Å²) in [5, 5.41) is 3.93. The molecule has 2 aromatic rings. The number of hydrogen-bond donors (Lipinski definition) is 1. The van der Waals surface area contributed by atoms with Gasteiger partial charge in [-0.3, -0.25) is 0 Å². The lowest BCUT2D eigenvalue weighted by Crippen LogP contribution is -2.15. The van der Waals surface area contributed by atoms with Gasteiger partial charge in [-0.05, 0) is 30.5 Å². The van der Waals surface area contributed by atoms with Crippen molar-refractivity contribution in [3.05, 3.63) is 51.9 Å². The van der Waals surface area contributed by atoms with Crippen LogP contribution in [0.25, 0.3) is 0 Å². The highest BCUT2D eigenvalue weighted by Crippen LogP contribution is 2.29. The molecule has 1 aliphatic carbocycles. The summed E-state index contributed by atoms with van der Waals surface area (Å²) in [5.41, 5.74) is 0.871. The summed E-state index contributed by atoms with van der Waals surface area (Å²) in [5.74, 6) is -0.278. The molecule has 0 atom stereocenters. The van der Waals surface area contributed by atoms with Crippen molar-refractivity contribution in [2.45, 2.75) is 25.4 Å². The molecule has 0 bridgehead atoms. The summed E-state index contributed by atoms with van der Waals surface area (Å²) in [6.45, 7) is 0.639. The molecule has 1 N–H and O–H groups in total. The number of benzene rings is 1. The number of nitrogens with zero attached hydrogens (tertiary/aromatic N) is 1. The third kappa shape index (κ3) is 3.64. The van der Waals surface area contributed by atoms with Crippen LogP contribution in [0.15, 0.2) is 30.5 Å². The molecule has 21 heavy (non-hydrogen) atoms. The van der Waals surface area contributed by atoms with Gasteiger partial charge in [0.1, 0.15) is 0 Å². The smallest absolute Gasteiger partial charge is 0.219 e. The first-order valence-electron chi connectivity index (χ1n) is 6.63. The SMILES string of the molecule is Fc1c(Cl)cccc1Oc1cc(CNC2CC2)c(Cl)cn1. The number of pyridine rings is 1. The first-order chi connectivity index (χ1) is 10.1. The van der Waals surface area contributed by atoms with E-state index in [1.54, 1.807) is 12.1 Å². The number of ether oxygens (including phenoxy) is 1. The Bertz CT molecular complexity index is 662. The van der Waals surface area contributed by atoms with Crippen molar-refractivity contribution in [2.24, 2.45) is 0 Å². The summed E-state index contributed by atoms with van der Waals surface area (Å²) in [6.07, 6.45) is 3.89. The standard InChI is InChI=1S/C15H13Cl2FN2O/c16-11-2-1-3-13(15(11)18)21-14-6-9(12(17)8-20-14)7-19-10-4-5-10/h1-3,6,8,10,19H,4-5,7H2. The molecule has 1 saturated carbocycles. The molecule has 1 fully saturated rings. The lowest BCUT2D eigenvalue weighted by Gasteiger charge is -2.10. The van der Waals surface area contributed by atoms with E-state index in [9.17, 15) is 4.39 Å². The Balaban J connectivity index is 1.78. The lowest BCUT2D eigenvalue weighted by molar-refractivity contribution is 0.427. The summed E-state index contributed by atoms with van der Waals surface area (Å²) >= 11 is 11.8. The number of hydrogen-bond acceptors (Lipinski definition) is 3. The molecule has 110 valence electrons. The molecule has 0 aliphatic heterocycles. The van der Waals surface area contributed by atoms with Gasteiger partial charge in [0.15, 0.2) is 11.6 Å². The number of nitrogens with one attached hydrogen (secondary N) is 1. The van der Waals surface area contributed by atoms with Crippen LogP contribution in [0.2, 0.25) is 10.0 Å². The quantitative estimate of drug-likeness (QED) is 0.873. The van der Waals surface area contributed by atoms with Gasteiger partial charge in [-0.1, -0.05) is 29.3 Å². The molecular weight excluding hydrogens is 314 g/mol. The fourth-order valence-electron chi connectivity index (χ4n) is 1.87. The molecule has 1 aromatic heterocycles. The second-order valence-electron chi connectivity index (χ2n) is 4.92. The lowest BCUT2D eigenvalue weighted by atomic mass is 10.2. The Hall–Kier alpha value is -1.36. The fourth-order valence-corrected chi connectivity index (χ4v) is 2.20. The van der Waals surface area contributed by atoms with Gasteiger partial charge in [-0.25, -0.2) is 9.37 Å². The molecule has 0 unspecified atom stereocenters. The van der Waals surface area contributed by atoms with Crippen LogP contribution < -0.4 is 10.1 Å². The molecule has 3 rings (SSSR count). The number of aromatic nitrogens is 1. The van der Waals surface area contributed by atoms with Crippen LogP contribution in [0.3, 0.4) is 0 Å². The van der Waals surface area contributed by atoms with Crippen LogP contribution in [0.4, 0.5) is 4.39 Å². The molecule has 0 radical (unpaired) electrons. The Kier molecular flexibility index (Phi) is 4.29. The topological polar surface area (TPSA) is 34.1 Å². The summed E-state index contributed by atoms with van der Waals surface area (Å²) in [7, 11) is 0. The van der Waals surface area contributed by atoms with Gasteiger partial charge in [-0.15, -0.1) is 0 Å². The molecule has 0 spiro atoms. The van der Waals surface area contributed by atoms with Crippen LogP contribution in [-0.4, -0.2) is 11.0 Å². The second kappa shape index (κ2) is 6.18. The van der Waals surface area contributed by atoms with Crippen LogP contribution in [0, 0.1) is 5.82 Å². The highest BCUT2D eigenvalue weighted by molar-refractivity contribution is 6.31. The van der Waals surface area contributed by atoms with Gasteiger partial charge in [0.25, 0.3) is 0 Å². The van der Waals surface area contributed by atoms with Gasteiger partial charge >= 0.3 is 0 Å². The molecule has 1 aliphatic rings. The molecule has 1 heterocycles.